The van der Waals surface area contributed by atoms with E-state index in [0.717, 1.165) is 12.1 Å². The van der Waals surface area contributed by atoms with E-state index in [2.05, 4.69) is 20.3 Å². The van der Waals surface area contributed by atoms with Gasteiger partial charge in [0.2, 0.25) is 0 Å². The van der Waals surface area contributed by atoms with Crippen LogP contribution in [0.3, 0.4) is 0 Å². The van der Waals surface area contributed by atoms with E-state index in [1.807, 2.05) is 0 Å². The van der Waals surface area contributed by atoms with Crippen molar-refractivity contribution >= 4 is 11.6 Å². The Morgan fingerprint density at radius 1 is 1.38 bits per heavy atom. The van der Waals surface area contributed by atoms with Gasteiger partial charge < -0.3 is 25.5 Å². The van der Waals surface area contributed by atoms with Gasteiger partial charge in [-0.15, -0.1) is 0 Å². The van der Waals surface area contributed by atoms with Gasteiger partial charge in [-0.25, -0.2) is 9.97 Å². The van der Waals surface area contributed by atoms with Crippen molar-refractivity contribution in [3.05, 3.63) is 29.8 Å². The zero-order chi connectivity index (χ0) is 16.5. The Bertz CT molecular complexity index is 740. The maximum atomic E-state index is 12.3. The zero-order valence-electron chi connectivity index (χ0n) is 13.1. The van der Waals surface area contributed by atoms with Gasteiger partial charge in [0.25, 0.3) is 5.91 Å². The number of nitrogen functional groups attached to an aromatic ring is 1. The molecule has 1 fully saturated rings. The molecule has 0 saturated carbocycles. The number of nitrogens with two attached hydrogens (primary N) is 1. The highest BCUT2D eigenvalue weighted by Gasteiger charge is 2.33. The summed E-state index contributed by atoms with van der Waals surface area (Å²) >= 11 is 0. The zero-order valence-corrected chi connectivity index (χ0v) is 13.1. The quantitative estimate of drug-likeness (QED) is 0.763. The van der Waals surface area contributed by atoms with Crippen LogP contribution in [0.25, 0.3) is 11.4 Å². The molecule has 0 bridgehead atoms. The number of hydrogen-bond acceptors (Lipinski definition) is 6. The molecule has 2 aromatic rings. The van der Waals surface area contributed by atoms with E-state index in [4.69, 9.17) is 15.2 Å². The molecule has 1 saturated heterocycles. The first-order valence-corrected chi connectivity index (χ1v) is 7.99. The first-order chi connectivity index (χ1) is 11.7. The molecule has 0 aliphatic carbocycles. The van der Waals surface area contributed by atoms with Crippen molar-refractivity contribution in [2.45, 2.75) is 18.4 Å². The van der Waals surface area contributed by atoms with Crippen LogP contribution in [0, 0.1) is 0 Å². The Labute approximate surface area is 138 Å². The number of nitrogens with one attached hydrogen (secondary N) is 2. The first kappa shape index (κ1) is 15.1. The van der Waals surface area contributed by atoms with Crippen LogP contribution in [0.1, 0.15) is 28.4 Å². The van der Waals surface area contributed by atoms with Crippen LogP contribution in [0.15, 0.2) is 18.6 Å². The van der Waals surface area contributed by atoms with Gasteiger partial charge in [0.15, 0.2) is 0 Å². The number of aromatic amines is 1. The predicted octanol–water partition coefficient (Wildman–Crippen LogP) is 0.686. The fourth-order valence-corrected chi connectivity index (χ4v) is 3.32. The standard InChI is InChI=1S/C16H19N5O3/c17-13-12-14(21-15(13)11-1-2-18-8-20-11)9(6-19-16(12)22)5-10-7-23-3-4-24-10/h1-2,8-10,21H,3-7,17H2,(H,19,22)/t9?,10-/m1/s1. The van der Waals surface area contributed by atoms with E-state index in [0.29, 0.717) is 49.0 Å². The lowest BCUT2D eigenvalue weighted by atomic mass is 9.91. The van der Waals surface area contributed by atoms with E-state index >= 15 is 0 Å². The first-order valence-electron chi connectivity index (χ1n) is 7.99. The van der Waals surface area contributed by atoms with Gasteiger partial charge in [-0.2, -0.15) is 0 Å². The van der Waals surface area contributed by atoms with Crippen molar-refractivity contribution in [2.75, 3.05) is 32.1 Å². The van der Waals surface area contributed by atoms with Crippen LogP contribution < -0.4 is 11.1 Å². The SMILES string of the molecule is Nc1c(-c2ccncn2)[nH]c2c1C(=O)NCC2C[C@@H]1COCCO1. The lowest BCUT2D eigenvalue weighted by Crippen LogP contribution is -2.38. The average Bonchev–Trinajstić information content (AvgIpc) is 2.98. The van der Waals surface area contributed by atoms with Gasteiger partial charge in [0.1, 0.15) is 6.33 Å². The number of nitrogens with zero attached hydrogens (tertiary/aromatic N) is 2. The number of hydrogen-bond donors (Lipinski definition) is 3. The molecule has 0 spiro atoms. The Morgan fingerprint density at radius 3 is 3.04 bits per heavy atom. The highest BCUT2D eigenvalue weighted by atomic mass is 16.6. The van der Waals surface area contributed by atoms with Crippen molar-refractivity contribution in [1.82, 2.24) is 20.3 Å². The minimum absolute atomic E-state index is 0.0265. The lowest BCUT2D eigenvalue weighted by Gasteiger charge is -2.29. The number of aromatic nitrogens is 3. The van der Waals surface area contributed by atoms with Crippen molar-refractivity contribution in [3.8, 4) is 11.4 Å². The summed E-state index contributed by atoms with van der Waals surface area (Å²) < 4.78 is 11.2. The fraction of sp³-hybridized carbons (Fsp3) is 0.438. The van der Waals surface area contributed by atoms with Crippen molar-refractivity contribution < 1.29 is 14.3 Å². The monoisotopic (exact) mass is 329 g/mol. The van der Waals surface area contributed by atoms with Gasteiger partial charge in [0, 0.05) is 24.4 Å². The Kier molecular flexibility index (Phi) is 3.91. The van der Waals surface area contributed by atoms with Crippen LogP contribution in [0.5, 0.6) is 0 Å². The Balaban J connectivity index is 1.68. The predicted molar refractivity (Wildman–Crippen MR) is 86.5 cm³/mol. The number of anilines is 1. The van der Waals surface area contributed by atoms with E-state index in [9.17, 15) is 4.79 Å². The van der Waals surface area contributed by atoms with Crippen molar-refractivity contribution in [2.24, 2.45) is 0 Å². The number of carbonyl (C=O) groups is 1. The summed E-state index contributed by atoms with van der Waals surface area (Å²) in [7, 11) is 0. The normalized spacial score (nSPS) is 23.6. The summed E-state index contributed by atoms with van der Waals surface area (Å²) in [5.74, 6) is -0.0570. The highest BCUT2D eigenvalue weighted by Crippen LogP contribution is 2.37. The average molecular weight is 329 g/mol. The third-order valence-corrected chi connectivity index (χ3v) is 4.48. The number of amides is 1. The molecule has 8 heteroatoms. The summed E-state index contributed by atoms with van der Waals surface area (Å²) in [5.41, 5.74) is 9.34. The number of H-pyrrole nitrogens is 1. The van der Waals surface area contributed by atoms with E-state index in [1.54, 1.807) is 12.3 Å². The largest absolute Gasteiger partial charge is 0.396 e. The molecule has 2 aromatic heterocycles. The van der Waals surface area contributed by atoms with Gasteiger partial charge >= 0.3 is 0 Å². The molecule has 126 valence electrons. The minimum atomic E-state index is -0.156. The smallest absolute Gasteiger partial charge is 0.255 e. The summed E-state index contributed by atoms with van der Waals surface area (Å²) in [6.45, 7) is 2.37. The second kappa shape index (κ2) is 6.21. The van der Waals surface area contributed by atoms with E-state index < -0.39 is 0 Å². The van der Waals surface area contributed by atoms with Gasteiger partial charge in [-0.1, -0.05) is 0 Å². The summed E-state index contributed by atoms with van der Waals surface area (Å²) in [4.78, 5) is 23.7. The molecule has 0 aromatic carbocycles. The maximum absolute atomic E-state index is 12.3. The summed E-state index contributed by atoms with van der Waals surface area (Å²) in [5, 5.41) is 2.92. The Hall–Kier alpha value is -2.45. The maximum Gasteiger partial charge on any atom is 0.255 e. The van der Waals surface area contributed by atoms with Gasteiger partial charge in [0.05, 0.1) is 48.6 Å². The number of fused-ring (bicyclic) bond motifs is 1. The highest BCUT2D eigenvalue weighted by molar-refractivity contribution is 6.04. The van der Waals surface area contributed by atoms with Crippen molar-refractivity contribution in [1.29, 1.82) is 0 Å². The number of ether oxygens (including phenoxy) is 2. The molecule has 1 amide bonds. The van der Waals surface area contributed by atoms with Crippen LogP contribution in [0.2, 0.25) is 0 Å². The Morgan fingerprint density at radius 2 is 2.29 bits per heavy atom. The summed E-state index contributed by atoms with van der Waals surface area (Å²) in [6.07, 6.45) is 3.89. The number of carbonyl (C=O) groups excluding carboxylic acids is 1. The molecule has 4 N–H and O–H groups in total. The third kappa shape index (κ3) is 2.63. The van der Waals surface area contributed by atoms with Crippen molar-refractivity contribution in [3.63, 3.8) is 0 Å². The molecule has 0 radical (unpaired) electrons. The molecule has 2 aliphatic heterocycles. The molecule has 2 atom stereocenters. The molecule has 8 nitrogen and oxygen atoms in total. The van der Waals surface area contributed by atoms with Crippen LogP contribution >= 0.6 is 0 Å². The second-order valence-electron chi connectivity index (χ2n) is 6.01. The van der Waals surface area contributed by atoms with Gasteiger partial charge in [-0.3, -0.25) is 4.79 Å². The molecule has 1 unspecified atom stereocenters. The van der Waals surface area contributed by atoms with Crippen LogP contribution in [-0.2, 0) is 9.47 Å². The molecule has 4 rings (SSSR count). The van der Waals surface area contributed by atoms with E-state index in [-0.39, 0.29) is 17.9 Å². The second-order valence-corrected chi connectivity index (χ2v) is 6.01. The fourth-order valence-electron chi connectivity index (χ4n) is 3.32. The van der Waals surface area contributed by atoms with Crippen LogP contribution in [-0.4, -0.2) is 53.3 Å². The molecule has 2 aliphatic rings. The van der Waals surface area contributed by atoms with Crippen LogP contribution in [0.4, 0.5) is 5.69 Å². The topological polar surface area (TPSA) is 115 Å². The molecular weight excluding hydrogens is 310 g/mol. The minimum Gasteiger partial charge on any atom is -0.396 e. The van der Waals surface area contributed by atoms with E-state index in [1.165, 1.54) is 6.33 Å². The molecular formula is C16H19N5O3. The summed E-state index contributed by atoms with van der Waals surface area (Å²) in [6, 6.07) is 1.76. The molecule has 24 heavy (non-hydrogen) atoms. The third-order valence-electron chi connectivity index (χ3n) is 4.48. The van der Waals surface area contributed by atoms with Gasteiger partial charge in [-0.05, 0) is 12.5 Å². The molecule has 4 heterocycles. The number of rotatable bonds is 3. The lowest BCUT2D eigenvalue weighted by molar-refractivity contribution is -0.0928.